The first-order chi connectivity index (χ1) is 12.8. The highest BCUT2D eigenvalue weighted by Gasteiger charge is 2.18. The van der Waals surface area contributed by atoms with Crippen LogP contribution in [0.1, 0.15) is 22.8 Å². The largest absolute Gasteiger partial charge is 0.351 e. The van der Waals surface area contributed by atoms with Crippen molar-refractivity contribution >= 4 is 27.7 Å². The predicted molar refractivity (Wildman–Crippen MR) is 102 cm³/mol. The van der Waals surface area contributed by atoms with Crippen molar-refractivity contribution in [2.75, 3.05) is 18.8 Å². The fourth-order valence-electron chi connectivity index (χ4n) is 2.25. The van der Waals surface area contributed by atoms with Crippen LogP contribution >= 0.6 is 11.8 Å². The van der Waals surface area contributed by atoms with E-state index in [0.717, 1.165) is 18.2 Å². The van der Waals surface area contributed by atoms with E-state index in [9.17, 15) is 22.0 Å². The van der Waals surface area contributed by atoms with E-state index in [0.29, 0.717) is 17.1 Å². The molecular weight excluding hydrogens is 394 g/mol. The van der Waals surface area contributed by atoms with Crippen LogP contribution in [0.4, 0.5) is 8.78 Å². The number of nitrogens with one attached hydrogen (secondary N) is 2. The molecule has 0 radical (unpaired) electrons. The van der Waals surface area contributed by atoms with Gasteiger partial charge < -0.3 is 5.32 Å². The molecule has 2 aromatic rings. The van der Waals surface area contributed by atoms with E-state index in [-0.39, 0.29) is 29.4 Å². The van der Waals surface area contributed by atoms with E-state index < -0.39 is 21.7 Å². The molecule has 2 rings (SSSR count). The Labute approximate surface area is 161 Å². The molecule has 5 nitrogen and oxygen atoms in total. The Morgan fingerprint density at radius 3 is 2.56 bits per heavy atom. The Bertz CT molecular complexity index is 905. The van der Waals surface area contributed by atoms with Gasteiger partial charge >= 0.3 is 0 Å². The van der Waals surface area contributed by atoms with Crippen molar-refractivity contribution in [3.8, 4) is 0 Å². The van der Waals surface area contributed by atoms with Crippen LogP contribution in [0.25, 0.3) is 0 Å². The summed E-state index contributed by atoms with van der Waals surface area (Å²) in [6.45, 7) is 2.04. The van der Waals surface area contributed by atoms with Gasteiger partial charge in [0.15, 0.2) is 0 Å². The van der Waals surface area contributed by atoms with Crippen molar-refractivity contribution in [2.24, 2.45) is 0 Å². The number of carbonyl (C=O) groups excluding carboxylic acids is 1. The summed E-state index contributed by atoms with van der Waals surface area (Å²) in [5, 5.41) is 2.54. The molecule has 0 atom stereocenters. The maximum absolute atomic E-state index is 13.9. The van der Waals surface area contributed by atoms with Crippen molar-refractivity contribution < 1.29 is 22.0 Å². The smallest absolute Gasteiger partial charge is 0.254 e. The van der Waals surface area contributed by atoms with Crippen LogP contribution in [-0.4, -0.2) is 33.2 Å². The Morgan fingerprint density at radius 1 is 1.11 bits per heavy atom. The monoisotopic (exact) mass is 414 g/mol. The summed E-state index contributed by atoms with van der Waals surface area (Å²) in [5.74, 6) is -0.839. The lowest BCUT2D eigenvalue weighted by Gasteiger charge is -2.09. The fourth-order valence-corrected chi connectivity index (χ4v) is 4.16. The maximum atomic E-state index is 13.9. The quantitative estimate of drug-likeness (QED) is 0.619. The van der Waals surface area contributed by atoms with E-state index in [4.69, 9.17) is 0 Å². The third-order valence-electron chi connectivity index (χ3n) is 3.57. The molecule has 2 aromatic carbocycles. The molecule has 0 aliphatic carbocycles. The van der Waals surface area contributed by atoms with Gasteiger partial charge in [-0.1, -0.05) is 25.1 Å². The number of sulfonamides is 1. The summed E-state index contributed by atoms with van der Waals surface area (Å²) in [7, 11) is -3.78. The van der Waals surface area contributed by atoms with Gasteiger partial charge in [0.1, 0.15) is 11.6 Å². The molecule has 0 bridgehead atoms. The summed E-state index contributed by atoms with van der Waals surface area (Å²) in [5.41, 5.74) is 0.231. The van der Waals surface area contributed by atoms with Crippen molar-refractivity contribution in [2.45, 2.75) is 17.6 Å². The molecule has 146 valence electrons. The van der Waals surface area contributed by atoms with Crippen molar-refractivity contribution in [1.82, 2.24) is 10.0 Å². The normalized spacial score (nSPS) is 11.4. The molecule has 0 spiro atoms. The number of rotatable bonds is 9. The molecule has 0 saturated heterocycles. The average molecular weight is 414 g/mol. The molecular formula is C18H20F2N2O3S2. The number of halogens is 2. The Kier molecular flexibility index (Phi) is 7.76. The van der Waals surface area contributed by atoms with Gasteiger partial charge in [0.2, 0.25) is 10.0 Å². The molecule has 0 aromatic heterocycles. The summed E-state index contributed by atoms with van der Waals surface area (Å²) in [6, 6.07) is 9.50. The van der Waals surface area contributed by atoms with Gasteiger partial charge in [0, 0.05) is 24.6 Å². The summed E-state index contributed by atoms with van der Waals surface area (Å²) in [6.07, 6.45) is 0. The zero-order valence-corrected chi connectivity index (χ0v) is 16.3. The minimum Gasteiger partial charge on any atom is -0.351 e. The topological polar surface area (TPSA) is 75.3 Å². The highest BCUT2D eigenvalue weighted by atomic mass is 32.2. The maximum Gasteiger partial charge on any atom is 0.254 e. The van der Waals surface area contributed by atoms with Crippen LogP contribution in [0.2, 0.25) is 0 Å². The summed E-state index contributed by atoms with van der Waals surface area (Å²) >= 11 is 1.42. The minimum atomic E-state index is -3.78. The van der Waals surface area contributed by atoms with E-state index in [1.54, 1.807) is 25.1 Å². The Hall–Kier alpha value is -1.97. The number of hydrogen-bond acceptors (Lipinski definition) is 4. The lowest BCUT2D eigenvalue weighted by molar-refractivity contribution is 0.0952. The van der Waals surface area contributed by atoms with Gasteiger partial charge in [-0.3, -0.25) is 4.79 Å². The molecule has 27 heavy (non-hydrogen) atoms. The lowest BCUT2D eigenvalue weighted by Crippen LogP contribution is -2.28. The first-order valence-corrected chi connectivity index (χ1v) is 10.9. The molecule has 0 saturated carbocycles. The summed E-state index contributed by atoms with van der Waals surface area (Å²) < 4.78 is 53.7. The first-order valence-electron chi connectivity index (χ1n) is 8.23. The van der Waals surface area contributed by atoms with Crippen LogP contribution in [-0.2, 0) is 15.8 Å². The second-order valence-corrected chi connectivity index (χ2v) is 8.42. The van der Waals surface area contributed by atoms with Crippen LogP contribution in [0.15, 0.2) is 47.4 Å². The highest BCUT2D eigenvalue weighted by Crippen LogP contribution is 2.16. The molecule has 0 aliphatic rings. The number of hydrogen-bond donors (Lipinski definition) is 2. The van der Waals surface area contributed by atoms with Crippen molar-refractivity contribution in [3.05, 3.63) is 65.2 Å². The van der Waals surface area contributed by atoms with Gasteiger partial charge in [-0.2, -0.15) is 11.8 Å². The Balaban J connectivity index is 1.91. The van der Waals surface area contributed by atoms with Gasteiger partial charge in [-0.15, -0.1) is 0 Å². The number of carbonyl (C=O) groups is 1. The number of benzene rings is 2. The molecule has 1 amide bonds. The molecule has 9 heteroatoms. The molecule has 0 fully saturated rings. The summed E-state index contributed by atoms with van der Waals surface area (Å²) in [4.78, 5) is 12.0. The van der Waals surface area contributed by atoms with Crippen LogP contribution < -0.4 is 10.0 Å². The fraction of sp³-hybridized carbons (Fsp3) is 0.278. The van der Waals surface area contributed by atoms with Gasteiger partial charge in [0.05, 0.1) is 10.5 Å². The minimum absolute atomic E-state index is 0.176. The van der Waals surface area contributed by atoms with E-state index >= 15 is 0 Å². The Morgan fingerprint density at radius 2 is 1.85 bits per heavy atom. The van der Waals surface area contributed by atoms with Gasteiger partial charge in [-0.25, -0.2) is 21.9 Å². The zero-order chi connectivity index (χ0) is 19.9. The van der Waals surface area contributed by atoms with E-state index in [2.05, 4.69) is 10.0 Å². The van der Waals surface area contributed by atoms with Gasteiger partial charge in [0.25, 0.3) is 5.91 Å². The second kappa shape index (κ2) is 9.82. The number of thioether (sulfide) groups is 1. The van der Waals surface area contributed by atoms with Crippen LogP contribution in [0, 0.1) is 11.6 Å². The standard InChI is InChI=1S/C18H20F2N2O3S2/c1-2-22-27(24,25)14-7-8-17(20)15(11-14)18(23)21-9-10-26-12-13-5-3-4-6-16(13)19/h3-8,11,22H,2,9-10,12H2,1H3,(H,21,23). The van der Waals surface area contributed by atoms with Crippen LogP contribution in [0.3, 0.4) is 0 Å². The third kappa shape index (κ3) is 6.02. The highest BCUT2D eigenvalue weighted by molar-refractivity contribution is 7.98. The molecule has 0 heterocycles. The van der Waals surface area contributed by atoms with Crippen molar-refractivity contribution in [1.29, 1.82) is 0 Å². The first kappa shape index (κ1) is 21.3. The number of amides is 1. The third-order valence-corrected chi connectivity index (χ3v) is 6.13. The molecule has 2 N–H and O–H groups in total. The second-order valence-electron chi connectivity index (χ2n) is 5.54. The van der Waals surface area contributed by atoms with E-state index in [1.807, 2.05) is 0 Å². The lowest BCUT2D eigenvalue weighted by atomic mass is 10.2. The predicted octanol–water partition coefficient (Wildman–Crippen LogP) is 2.93. The van der Waals surface area contributed by atoms with Crippen LogP contribution in [0.5, 0.6) is 0 Å². The SMILES string of the molecule is CCNS(=O)(=O)c1ccc(F)c(C(=O)NCCSCc2ccccc2F)c1. The molecule has 0 unspecified atom stereocenters. The average Bonchev–Trinajstić information content (AvgIpc) is 2.63. The molecule has 0 aliphatic heterocycles. The zero-order valence-electron chi connectivity index (χ0n) is 14.7. The van der Waals surface area contributed by atoms with Crippen molar-refractivity contribution in [3.63, 3.8) is 0 Å². The van der Waals surface area contributed by atoms with Gasteiger partial charge in [-0.05, 0) is 29.8 Å². The van der Waals surface area contributed by atoms with E-state index in [1.165, 1.54) is 17.8 Å².